The van der Waals surface area contributed by atoms with E-state index in [-0.39, 0.29) is 5.92 Å². The third kappa shape index (κ3) is 3.98. The molecular formula is C14H28N2O. The molecule has 0 aromatic heterocycles. The van der Waals surface area contributed by atoms with Crippen molar-refractivity contribution in [3.63, 3.8) is 0 Å². The Kier molecular flexibility index (Phi) is 5.44. The van der Waals surface area contributed by atoms with E-state index in [4.69, 9.17) is 0 Å². The third-order valence-corrected chi connectivity index (χ3v) is 3.81. The van der Waals surface area contributed by atoms with Crippen LogP contribution in [0.25, 0.3) is 0 Å². The standard InChI is InChI=1S/C14H28N2O/c1-10(2)12(5)14(17)16-8-6-7-13(16)9-15-11(3)4/h10-13,15H,6-9H2,1-5H3/t12-,13-/m0/s1. The summed E-state index contributed by atoms with van der Waals surface area (Å²) in [6.07, 6.45) is 2.30. The van der Waals surface area contributed by atoms with Crippen LogP contribution in [-0.4, -0.2) is 36.0 Å². The second-order valence-electron chi connectivity index (χ2n) is 5.92. The molecule has 0 spiro atoms. The second-order valence-corrected chi connectivity index (χ2v) is 5.92. The summed E-state index contributed by atoms with van der Waals surface area (Å²) in [5.41, 5.74) is 0. The molecule has 1 rings (SSSR count). The van der Waals surface area contributed by atoms with Gasteiger partial charge in [0, 0.05) is 31.1 Å². The van der Waals surface area contributed by atoms with E-state index < -0.39 is 0 Å². The van der Waals surface area contributed by atoms with Crippen molar-refractivity contribution in [1.29, 1.82) is 0 Å². The fourth-order valence-electron chi connectivity index (χ4n) is 2.26. The Balaban J connectivity index is 2.53. The van der Waals surface area contributed by atoms with E-state index in [1.165, 1.54) is 0 Å². The number of likely N-dealkylation sites (tertiary alicyclic amines) is 1. The van der Waals surface area contributed by atoms with Gasteiger partial charge in [-0.1, -0.05) is 34.6 Å². The molecule has 0 aromatic rings. The zero-order valence-corrected chi connectivity index (χ0v) is 12.0. The van der Waals surface area contributed by atoms with Crippen molar-refractivity contribution in [3.8, 4) is 0 Å². The molecule has 0 aromatic carbocycles. The van der Waals surface area contributed by atoms with E-state index >= 15 is 0 Å². The maximum Gasteiger partial charge on any atom is 0.225 e. The average Bonchev–Trinajstić information content (AvgIpc) is 2.72. The Labute approximate surface area is 106 Å². The minimum absolute atomic E-state index is 0.148. The number of carbonyl (C=O) groups is 1. The zero-order chi connectivity index (χ0) is 13.0. The molecule has 3 nitrogen and oxygen atoms in total. The first-order valence-electron chi connectivity index (χ1n) is 6.97. The molecule has 1 fully saturated rings. The lowest BCUT2D eigenvalue weighted by Crippen LogP contribution is -2.45. The molecular weight excluding hydrogens is 212 g/mol. The van der Waals surface area contributed by atoms with Crippen LogP contribution in [0.4, 0.5) is 0 Å². The molecule has 1 aliphatic heterocycles. The number of amides is 1. The van der Waals surface area contributed by atoms with Crippen LogP contribution in [0.1, 0.15) is 47.5 Å². The molecule has 0 saturated carbocycles. The van der Waals surface area contributed by atoms with Gasteiger partial charge < -0.3 is 10.2 Å². The SMILES string of the molecule is CC(C)NC[C@@H]1CCCN1C(=O)[C@@H](C)C(C)C. The van der Waals surface area contributed by atoms with Crippen molar-refractivity contribution in [1.82, 2.24) is 10.2 Å². The van der Waals surface area contributed by atoms with Crippen LogP contribution in [0.2, 0.25) is 0 Å². The van der Waals surface area contributed by atoms with Crippen LogP contribution in [0.5, 0.6) is 0 Å². The highest BCUT2D eigenvalue weighted by Gasteiger charge is 2.31. The van der Waals surface area contributed by atoms with Crippen molar-refractivity contribution in [2.45, 2.75) is 59.5 Å². The normalized spacial score (nSPS) is 22.5. The van der Waals surface area contributed by atoms with Gasteiger partial charge in [-0.3, -0.25) is 4.79 Å². The van der Waals surface area contributed by atoms with Crippen molar-refractivity contribution in [2.75, 3.05) is 13.1 Å². The Morgan fingerprint density at radius 3 is 2.47 bits per heavy atom. The van der Waals surface area contributed by atoms with Gasteiger partial charge in [-0.15, -0.1) is 0 Å². The van der Waals surface area contributed by atoms with E-state index in [1.807, 2.05) is 0 Å². The molecule has 0 radical (unpaired) electrons. The molecule has 1 saturated heterocycles. The van der Waals surface area contributed by atoms with Gasteiger partial charge in [0.05, 0.1) is 0 Å². The number of hydrogen-bond acceptors (Lipinski definition) is 2. The summed E-state index contributed by atoms with van der Waals surface area (Å²) in [5, 5.41) is 3.45. The van der Waals surface area contributed by atoms with E-state index in [0.717, 1.165) is 25.9 Å². The largest absolute Gasteiger partial charge is 0.338 e. The summed E-state index contributed by atoms with van der Waals surface area (Å²) in [7, 11) is 0. The highest BCUT2D eigenvalue weighted by molar-refractivity contribution is 5.79. The zero-order valence-electron chi connectivity index (χ0n) is 12.0. The van der Waals surface area contributed by atoms with E-state index in [1.54, 1.807) is 0 Å². The molecule has 100 valence electrons. The van der Waals surface area contributed by atoms with Crippen molar-refractivity contribution >= 4 is 5.91 Å². The number of hydrogen-bond donors (Lipinski definition) is 1. The lowest BCUT2D eigenvalue weighted by molar-refractivity contribution is -0.137. The minimum Gasteiger partial charge on any atom is -0.338 e. The van der Waals surface area contributed by atoms with Crippen molar-refractivity contribution < 1.29 is 4.79 Å². The van der Waals surface area contributed by atoms with E-state index in [2.05, 4.69) is 44.8 Å². The maximum atomic E-state index is 12.3. The van der Waals surface area contributed by atoms with Crippen LogP contribution in [-0.2, 0) is 4.79 Å². The van der Waals surface area contributed by atoms with Crippen LogP contribution < -0.4 is 5.32 Å². The highest BCUT2D eigenvalue weighted by Crippen LogP contribution is 2.22. The molecule has 0 unspecified atom stereocenters. The first kappa shape index (κ1) is 14.5. The van der Waals surface area contributed by atoms with Gasteiger partial charge in [-0.2, -0.15) is 0 Å². The topological polar surface area (TPSA) is 32.3 Å². The minimum atomic E-state index is 0.148. The van der Waals surface area contributed by atoms with Gasteiger partial charge in [0.25, 0.3) is 0 Å². The molecule has 3 heteroatoms. The predicted octanol–water partition coefficient (Wildman–Crippen LogP) is 2.27. The van der Waals surface area contributed by atoms with Crippen LogP contribution >= 0.6 is 0 Å². The molecule has 2 atom stereocenters. The van der Waals surface area contributed by atoms with Gasteiger partial charge in [-0.05, 0) is 18.8 Å². The molecule has 0 bridgehead atoms. The first-order chi connectivity index (χ1) is 7.93. The summed E-state index contributed by atoms with van der Waals surface area (Å²) in [4.78, 5) is 14.4. The smallest absolute Gasteiger partial charge is 0.225 e. The first-order valence-corrected chi connectivity index (χ1v) is 6.97. The average molecular weight is 240 g/mol. The van der Waals surface area contributed by atoms with Crippen LogP contribution in [0.3, 0.4) is 0 Å². The summed E-state index contributed by atoms with van der Waals surface area (Å²) < 4.78 is 0. The molecule has 17 heavy (non-hydrogen) atoms. The van der Waals surface area contributed by atoms with Gasteiger partial charge >= 0.3 is 0 Å². The molecule has 1 heterocycles. The summed E-state index contributed by atoms with van der Waals surface area (Å²) in [6.45, 7) is 12.5. The Bertz CT molecular complexity index is 251. The molecule has 1 N–H and O–H groups in total. The summed E-state index contributed by atoms with van der Waals surface area (Å²) in [6, 6.07) is 0.904. The Morgan fingerprint density at radius 1 is 1.29 bits per heavy atom. The number of nitrogens with one attached hydrogen (secondary N) is 1. The predicted molar refractivity (Wildman–Crippen MR) is 71.9 cm³/mol. The van der Waals surface area contributed by atoms with Crippen LogP contribution in [0, 0.1) is 11.8 Å². The second kappa shape index (κ2) is 6.39. The lowest BCUT2D eigenvalue weighted by Gasteiger charge is -2.29. The number of nitrogens with zero attached hydrogens (tertiary/aromatic N) is 1. The maximum absolute atomic E-state index is 12.3. The van der Waals surface area contributed by atoms with Gasteiger partial charge in [-0.25, -0.2) is 0 Å². The lowest BCUT2D eigenvalue weighted by atomic mass is 9.96. The Hall–Kier alpha value is -0.570. The van der Waals surface area contributed by atoms with Crippen molar-refractivity contribution in [2.24, 2.45) is 11.8 Å². The third-order valence-electron chi connectivity index (χ3n) is 3.81. The van der Waals surface area contributed by atoms with Gasteiger partial charge in [0.15, 0.2) is 0 Å². The fourth-order valence-corrected chi connectivity index (χ4v) is 2.26. The number of rotatable bonds is 5. The van der Waals surface area contributed by atoms with E-state index in [0.29, 0.717) is 23.9 Å². The Morgan fingerprint density at radius 2 is 1.94 bits per heavy atom. The highest BCUT2D eigenvalue weighted by atomic mass is 16.2. The van der Waals surface area contributed by atoms with E-state index in [9.17, 15) is 4.79 Å². The van der Waals surface area contributed by atoms with Crippen molar-refractivity contribution in [3.05, 3.63) is 0 Å². The summed E-state index contributed by atoms with van der Waals surface area (Å²) >= 11 is 0. The molecule has 1 aliphatic rings. The van der Waals surface area contributed by atoms with Crippen LogP contribution in [0.15, 0.2) is 0 Å². The monoisotopic (exact) mass is 240 g/mol. The molecule has 1 amide bonds. The van der Waals surface area contributed by atoms with Gasteiger partial charge in [0.1, 0.15) is 0 Å². The fraction of sp³-hybridized carbons (Fsp3) is 0.929. The number of carbonyl (C=O) groups excluding carboxylic acids is 1. The summed E-state index contributed by atoms with van der Waals surface area (Å²) in [5.74, 6) is 0.921. The molecule has 0 aliphatic carbocycles. The van der Waals surface area contributed by atoms with Gasteiger partial charge in [0.2, 0.25) is 5.91 Å². The quantitative estimate of drug-likeness (QED) is 0.799.